The first-order valence-corrected chi connectivity index (χ1v) is 9.59. The molecule has 26 heavy (non-hydrogen) atoms. The van der Waals surface area contributed by atoms with Gasteiger partial charge < -0.3 is 4.74 Å². The van der Waals surface area contributed by atoms with Crippen molar-refractivity contribution in [1.29, 1.82) is 5.26 Å². The van der Waals surface area contributed by atoms with E-state index in [1.165, 1.54) is 24.3 Å². The van der Waals surface area contributed by atoms with Crippen LogP contribution >= 0.6 is 22.9 Å². The lowest BCUT2D eigenvalue weighted by Crippen LogP contribution is -2.33. The highest BCUT2D eigenvalue weighted by Crippen LogP contribution is 2.38. The van der Waals surface area contributed by atoms with Crippen LogP contribution in [0.2, 0.25) is 5.02 Å². The molecular formula is C14H11ClF3N3O3S2. The second-order valence-electron chi connectivity index (χ2n) is 4.72. The van der Waals surface area contributed by atoms with Crippen molar-refractivity contribution < 1.29 is 26.3 Å². The number of hydrogen-bond donors (Lipinski definition) is 0. The Morgan fingerprint density at radius 3 is 2.62 bits per heavy atom. The van der Waals surface area contributed by atoms with Crippen LogP contribution < -0.4 is 4.31 Å². The molecule has 0 aliphatic carbocycles. The Bertz CT molecular complexity index is 939. The van der Waals surface area contributed by atoms with Crippen molar-refractivity contribution in [1.82, 2.24) is 4.98 Å². The number of rotatable bonds is 6. The molecule has 0 aliphatic heterocycles. The molecule has 0 aliphatic rings. The van der Waals surface area contributed by atoms with Crippen molar-refractivity contribution >= 4 is 38.1 Å². The molecule has 0 saturated carbocycles. The molecular weight excluding hydrogens is 415 g/mol. The third-order valence-electron chi connectivity index (χ3n) is 3.00. The van der Waals surface area contributed by atoms with Crippen molar-refractivity contribution in [2.45, 2.75) is 18.0 Å². The summed E-state index contributed by atoms with van der Waals surface area (Å²) < 4.78 is 70.4. The van der Waals surface area contributed by atoms with Gasteiger partial charge in [-0.1, -0.05) is 29.0 Å². The van der Waals surface area contributed by atoms with E-state index in [0.29, 0.717) is 15.6 Å². The van der Waals surface area contributed by atoms with Crippen LogP contribution in [0.15, 0.2) is 29.2 Å². The lowest BCUT2D eigenvalue weighted by atomic mass is 10.4. The molecule has 12 heteroatoms. The summed E-state index contributed by atoms with van der Waals surface area (Å²) in [7, 11) is -4.31. The third kappa shape index (κ3) is 4.27. The lowest BCUT2D eigenvalue weighted by molar-refractivity contribution is -0.140. The monoisotopic (exact) mass is 425 g/mol. The molecule has 2 aromatic rings. The van der Waals surface area contributed by atoms with Crippen molar-refractivity contribution in [3.63, 3.8) is 0 Å². The summed E-state index contributed by atoms with van der Waals surface area (Å²) in [6, 6.07) is 6.62. The second-order valence-corrected chi connectivity index (χ2v) is 7.99. The molecule has 6 nitrogen and oxygen atoms in total. The van der Waals surface area contributed by atoms with E-state index in [2.05, 4.69) is 4.98 Å². The lowest BCUT2D eigenvalue weighted by Gasteiger charge is -2.21. The number of alkyl halides is 3. The normalized spacial score (nSPS) is 12.0. The van der Waals surface area contributed by atoms with Crippen LogP contribution in [-0.4, -0.2) is 26.7 Å². The van der Waals surface area contributed by atoms with Gasteiger partial charge in [0, 0.05) is 11.6 Å². The summed E-state index contributed by atoms with van der Waals surface area (Å²) in [5, 5.41) is 8.52. The number of aromatic nitrogens is 1. The molecule has 1 aromatic carbocycles. The molecule has 140 valence electrons. The average molecular weight is 426 g/mol. The van der Waals surface area contributed by atoms with E-state index in [9.17, 15) is 21.6 Å². The number of thiazole rings is 1. The minimum atomic E-state index is -4.89. The Labute approximate surface area is 156 Å². The van der Waals surface area contributed by atoms with Gasteiger partial charge >= 0.3 is 6.18 Å². The van der Waals surface area contributed by atoms with Crippen LogP contribution in [0.1, 0.15) is 17.5 Å². The van der Waals surface area contributed by atoms with Crippen molar-refractivity contribution in [3.8, 4) is 6.07 Å². The maximum Gasteiger partial charge on any atom is 0.435 e. The van der Waals surface area contributed by atoms with Gasteiger partial charge in [0.05, 0.1) is 4.90 Å². The van der Waals surface area contributed by atoms with E-state index in [1.807, 2.05) is 0 Å². The Balaban J connectivity index is 2.59. The quantitative estimate of drug-likeness (QED) is 0.656. The predicted molar refractivity (Wildman–Crippen MR) is 89.4 cm³/mol. The fraction of sp³-hybridized carbons (Fsp3) is 0.286. The van der Waals surface area contributed by atoms with Crippen LogP contribution in [0.4, 0.5) is 18.3 Å². The number of sulfonamides is 1. The molecule has 0 saturated heterocycles. The number of nitriles is 1. The summed E-state index contributed by atoms with van der Waals surface area (Å²) in [5.41, 5.74) is -1.44. The summed E-state index contributed by atoms with van der Waals surface area (Å²) in [4.78, 5) is 2.34. The molecule has 1 aromatic heterocycles. The minimum absolute atomic E-state index is 0.115. The van der Waals surface area contributed by atoms with Gasteiger partial charge in [0.1, 0.15) is 17.7 Å². The van der Waals surface area contributed by atoms with E-state index in [0.717, 1.165) is 6.07 Å². The van der Waals surface area contributed by atoms with Crippen molar-refractivity contribution in [2.24, 2.45) is 0 Å². The highest BCUT2D eigenvalue weighted by atomic mass is 35.5. The zero-order valence-electron chi connectivity index (χ0n) is 13.1. The van der Waals surface area contributed by atoms with E-state index in [1.54, 1.807) is 6.92 Å². The van der Waals surface area contributed by atoms with Crippen LogP contribution in [-0.2, 0) is 20.9 Å². The fourth-order valence-corrected chi connectivity index (χ4v) is 4.52. The largest absolute Gasteiger partial charge is 0.435 e. The van der Waals surface area contributed by atoms with E-state index >= 15 is 0 Å². The summed E-state index contributed by atoms with van der Waals surface area (Å²) in [5.74, 6) is 0. The Kier molecular flexibility index (Phi) is 6.13. The number of hydrogen-bond acceptors (Lipinski definition) is 6. The van der Waals surface area contributed by atoms with Gasteiger partial charge in [0.15, 0.2) is 5.69 Å². The van der Waals surface area contributed by atoms with Gasteiger partial charge in [0.25, 0.3) is 10.0 Å². The smallest absolute Gasteiger partial charge is 0.360 e. The molecule has 0 unspecified atom stereocenters. The molecule has 0 amide bonds. The number of anilines is 1. The van der Waals surface area contributed by atoms with Gasteiger partial charge in [0.2, 0.25) is 5.13 Å². The molecule has 0 N–H and O–H groups in total. The maximum absolute atomic E-state index is 13.0. The van der Waals surface area contributed by atoms with Crippen LogP contribution in [0.3, 0.4) is 0 Å². The number of halogens is 4. The molecule has 0 bridgehead atoms. The number of ether oxygens (including phenoxy) is 1. The number of nitrogens with zero attached hydrogens (tertiary/aromatic N) is 3. The predicted octanol–water partition coefficient (Wildman–Crippen LogP) is 3.88. The fourth-order valence-electron chi connectivity index (χ4n) is 1.84. The van der Waals surface area contributed by atoms with Crippen molar-refractivity contribution in [3.05, 3.63) is 39.9 Å². The zero-order chi connectivity index (χ0) is 19.5. The first kappa shape index (κ1) is 20.4. The minimum Gasteiger partial charge on any atom is -0.360 e. The van der Waals surface area contributed by atoms with Crippen LogP contribution in [0.25, 0.3) is 0 Å². The SMILES string of the molecule is CCOCN(c1nc(C(F)(F)F)c(C#N)s1)S(=O)(=O)c1cccc(Cl)c1. The topological polar surface area (TPSA) is 83.3 Å². The Morgan fingerprint density at radius 1 is 1.42 bits per heavy atom. The summed E-state index contributed by atoms with van der Waals surface area (Å²) >= 11 is 6.11. The molecule has 2 rings (SSSR count). The maximum atomic E-state index is 13.0. The first-order chi connectivity index (χ1) is 12.1. The van der Waals surface area contributed by atoms with E-state index in [4.69, 9.17) is 21.6 Å². The molecule has 0 atom stereocenters. The van der Waals surface area contributed by atoms with Gasteiger partial charge in [-0.05, 0) is 25.1 Å². The molecule has 0 spiro atoms. The average Bonchev–Trinajstić information content (AvgIpc) is 2.99. The van der Waals surface area contributed by atoms with Gasteiger partial charge in [-0.25, -0.2) is 17.7 Å². The van der Waals surface area contributed by atoms with Gasteiger partial charge in [-0.3, -0.25) is 0 Å². The molecule has 1 heterocycles. The molecule has 0 radical (unpaired) electrons. The first-order valence-electron chi connectivity index (χ1n) is 6.95. The third-order valence-corrected chi connectivity index (χ3v) is 6.04. The van der Waals surface area contributed by atoms with Crippen LogP contribution in [0, 0.1) is 11.3 Å². The summed E-state index contributed by atoms with van der Waals surface area (Å²) in [6.45, 7) is 1.14. The van der Waals surface area contributed by atoms with Gasteiger partial charge in [-0.2, -0.15) is 18.4 Å². The summed E-state index contributed by atoms with van der Waals surface area (Å²) in [6.07, 6.45) is -4.89. The number of benzene rings is 1. The zero-order valence-corrected chi connectivity index (χ0v) is 15.5. The Morgan fingerprint density at radius 2 is 2.12 bits per heavy atom. The van der Waals surface area contributed by atoms with E-state index < -0.39 is 38.6 Å². The highest BCUT2D eigenvalue weighted by molar-refractivity contribution is 7.93. The van der Waals surface area contributed by atoms with Gasteiger partial charge in [-0.15, -0.1) is 0 Å². The standard InChI is InChI=1S/C14H11ClF3N3O3S2/c1-2-24-8-21(26(22,23)10-5-3-4-9(15)6-10)13-20-12(14(16,17)18)11(7-19)25-13/h3-6H,2,8H2,1H3. The van der Waals surface area contributed by atoms with Crippen molar-refractivity contribution in [2.75, 3.05) is 17.6 Å². The molecule has 0 fully saturated rings. The van der Waals surface area contributed by atoms with Crippen LogP contribution in [0.5, 0.6) is 0 Å². The Hall–Kier alpha value is -1.87. The highest BCUT2D eigenvalue weighted by Gasteiger charge is 2.40. The van der Waals surface area contributed by atoms with E-state index in [-0.39, 0.29) is 16.5 Å². The second kappa shape index (κ2) is 7.79.